The van der Waals surface area contributed by atoms with E-state index in [2.05, 4.69) is 15.6 Å². The van der Waals surface area contributed by atoms with Crippen molar-refractivity contribution in [3.63, 3.8) is 0 Å². The molecule has 1 aromatic heterocycles. The molecule has 9 heteroatoms. The highest BCUT2D eigenvalue weighted by Crippen LogP contribution is 2.19. The first-order chi connectivity index (χ1) is 16.1. The van der Waals surface area contributed by atoms with Gasteiger partial charge in [-0.05, 0) is 75.2 Å². The molecule has 0 aliphatic carbocycles. The fourth-order valence-electron chi connectivity index (χ4n) is 3.20. The van der Waals surface area contributed by atoms with E-state index in [1.807, 2.05) is 45.9 Å². The fourth-order valence-corrected chi connectivity index (χ4v) is 4.05. The highest BCUT2D eigenvalue weighted by molar-refractivity contribution is 7.13. The van der Waals surface area contributed by atoms with Gasteiger partial charge in [0.05, 0.1) is 12.1 Å². The molecule has 0 unspecified atom stereocenters. The summed E-state index contributed by atoms with van der Waals surface area (Å²) in [6, 6.07) is 12.1. The minimum atomic E-state index is -0.364. The van der Waals surface area contributed by atoms with E-state index >= 15 is 0 Å². The van der Waals surface area contributed by atoms with Crippen LogP contribution in [-0.2, 0) is 16.0 Å². The summed E-state index contributed by atoms with van der Waals surface area (Å²) in [7, 11) is 0. The Morgan fingerprint density at radius 2 is 1.71 bits per heavy atom. The van der Waals surface area contributed by atoms with E-state index in [0.29, 0.717) is 21.4 Å². The number of nitrogens with zero attached hydrogens (tertiary/aromatic N) is 2. The summed E-state index contributed by atoms with van der Waals surface area (Å²) < 4.78 is 0. The standard InChI is InChI=1S/C25H27ClN4O3S/c1-15(2)30(24(33)18-6-8-19(26)9-7-18)13-23(32)29-25-28-21(14-34-25)12-22(31)27-20-10-5-16(3)17(4)11-20/h5-11,14-15H,12-13H2,1-4H3,(H,27,31)(H,28,29,32). The number of aromatic nitrogens is 1. The van der Waals surface area contributed by atoms with Crippen LogP contribution in [0.4, 0.5) is 10.8 Å². The Balaban J connectivity index is 1.57. The Morgan fingerprint density at radius 3 is 2.35 bits per heavy atom. The lowest BCUT2D eigenvalue weighted by Crippen LogP contribution is -2.42. The van der Waals surface area contributed by atoms with Crippen molar-refractivity contribution in [2.24, 2.45) is 0 Å². The number of amides is 3. The molecule has 0 aliphatic heterocycles. The van der Waals surface area contributed by atoms with Gasteiger partial charge in [-0.15, -0.1) is 11.3 Å². The third-order valence-corrected chi connectivity index (χ3v) is 6.28. The van der Waals surface area contributed by atoms with Gasteiger partial charge in [0.2, 0.25) is 11.8 Å². The first-order valence-electron chi connectivity index (χ1n) is 10.8. The van der Waals surface area contributed by atoms with E-state index in [1.54, 1.807) is 29.6 Å². The van der Waals surface area contributed by atoms with Gasteiger partial charge in [-0.25, -0.2) is 4.98 Å². The topological polar surface area (TPSA) is 91.4 Å². The number of thiazole rings is 1. The number of nitrogens with one attached hydrogen (secondary N) is 2. The van der Waals surface area contributed by atoms with Gasteiger partial charge in [-0.1, -0.05) is 17.7 Å². The normalized spacial score (nSPS) is 10.8. The van der Waals surface area contributed by atoms with E-state index < -0.39 is 0 Å². The highest BCUT2D eigenvalue weighted by Gasteiger charge is 2.22. The lowest BCUT2D eigenvalue weighted by Gasteiger charge is -2.26. The molecule has 0 radical (unpaired) electrons. The zero-order valence-corrected chi connectivity index (χ0v) is 21.1. The van der Waals surface area contributed by atoms with Gasteiger partial charge >= 0.3 is 0 Å². The molecule has 0 bridgehead atoms. The quantitative estimate of drug-likeness (QED) is 0.453. The predicted octanol–water partition coefficient (Wildman–Crippen LogP) is 5.08. The molecule has 0 fully saturated rings. The molecule has 2 aromatic carbocycles. The minimum absolute atomic E-state index is 0.0897. The third-order valence-electron chi connectivity index (χ3n) is 5.22. The zero-order valence-electron chi connectivity index (χ0n) is 19.5. The zero-order chi connectivity index (χ0) is 24.8. The Hall–Kier alpha value is -3.23. The molecule has 0 aliphatic rings. The van der Waals surface area contributed by atoms with Crippen LogP contribution in [-0.4, -0.2) is 40.2 Å². The van der Waals surface area contributed by atoms with E-state index in [1.165, 1.54) is 16.2 Å². The predicted molar refractivity (Wildman–Crippen MR) is 137 cm³/mol. The average Bonchev–Trinajstić information content (AvgIpc) is 3.20. The Kier molecular flexibility index (Phi) is 8.41. The van der Waals surface area contributed by atoms with E-state index in [4.69, 9.17) is 11.6 Å². The number of carbonyl (C=O) groups excluding carboxylic acids is 3. The molecule has 0 saturated heterocycles. The molecule has 178 valence electrons. The molecule has 0 saturated carbocycles. The number of halogens is 1. The number of carbonyl (C=O) groups is 3. The fraction of sp³-hybridized carbons (Fsp3) is 0.280. The number of hydrogen-bond acceptors (Lipinski definition) is 5. The lowest BCUT2D eigenvalue weighted by molar-refractivity contribution is -0.117. The van der Waals surface area contributed by atoms with Crippen molar-refractivity contribution in [2.75, 3.05) is 17.2 Å². The molecule has 0 atom stereocenters. The molecule has 2 N–H and O–H groups in total. The van der Waals surface area contributed by atoms with Crippen molar-refractivity contribution in [3.05, 3.63) is 75.3 Å². The largest absolute Gasteiger partial charge is 0.327 e. The van der Waals surface area contributed by atoms with E-state index in [0.717, 1.165) is 16.8 Å². The second-order valence-electron chi connectivity index (χ2n) is 8.25. The summed E-state index contributed by atoms with van der Waals surface area (Å²) in [4.78, 5) is 43.6. The van der Waals surface area contributed by atoms with Gasteiger partial charge in [0.15, 0.2) is 5.13 Å². The summed E-state index contributed by atoms with van der Waals surface area (Å²) in [6.45, 7) is 7.57. The van der Waals surface area contributed by atoms with Gasteiger partial charge in [0.25, 0.3) is 5.91 Å². The molecule has 7 nitrogen and oxygen atoms in total. The Bertz CT molecular complexity index is 1190. The van der Waals surface area contributed by atoms with Crippen LogP contribution in [0.15, 0.2) is 47.8 Å². The van der Waals surface area contributed by atoms with Crippen LogP contribution in [0, 0.1) is 13.8 Å². The van der Waals surface area contributed by atoms with Crippen molar-refractivity contribution >= 4 is 51.5 Å². The van der Waals surface area contributed by atoms with Gasteiger partial charge in [0.1, 0.15) is 6.54 Å². The molecule has 34 heavy (non-hydrogen) atoms. The molecule has 3 rings (SSSR count). The summed E-state index contributed by atoms with van der Waals surface area (Å²) in [5.74, 6) is -0.813. The minimum Gasteiger partial charge on any atom is -0.327 e. The van der Waals surface area contributed by atoms with Crippen LogP contribution < -0.4 is 10.6 Å². The monoisotopic (exact) mass is 498 g/mol. The highest BCUT2D eigenvalue weighted by atomic mass is 35.5. The molecular formula is C25H27ClN4O3S. The summed E-state index contributed by atoms with van der Waals surface area (Å²) in [5.41, 5.74) is 4.00. The smallest absolute Gasteiger partial charge is 0.254 e. The summed E-state index contributed by atoms with van der Waals surface area (Å²) >= 11 is 7.13. The first-order valence-corrected chi connectivity index (χ1v) is 12.1. The molecule has 0 spiro atoms. The van der Waals surface area contributed by atoms with Crippen LogP contribution in [0.25, 0.3) is 0 Å². The molecule has 3 amide bonds. The van der Waals surface area contributed by atoms with Crippen molar-refractivity contribution in [1.82, 2.24) is 9.88 Å². The van der Waals surface area contributed by atoms with Gasteiger partial charge in [-0.3, -0.25) is 14.4 Å². The first kappa shape index (κ1) is 25.4. The van der Waals surface area contributed by atoms with Gasteiger partial charge < -0.3 is 15.5 Å². The van der Waals surface area contributed by atoms with Crippen molar-refractivity contribution in [3.8, 4) is 0 Å². The average molecular weight is 499 g/mol. The number of benzene rings is 2. The van der Waals surface area contributed by atoms with Crippen LogP contribution in [0.5, 0.6) is 0 Å². The number of rotatable bonds is 8. The molecule has 1 heterocycles. The summed E-state index contributed by atoms with van der Waals surface area (Å²) in [5, 5.41) is 8.23. The van der Waals surface area contributed by atoms with Crippen molar-refractivity contribution in [2.45, 2.75) is 40.2 Å². The van der Waals surface area contributed by atoms with E-state index in [-0.39, 0.29) is 36.7 Å². The number of aryl methyl sites for hydroxylation is 2. The summed E-state index contributed by atoms with van der Waals surface area (Å²) in [6.07, 6.45) is 0.0897. The van der Waals surface area contributed by atoms with Crippen molar-refractivity contribution in [1.29, 1.82) is 0 Å². The molecule has 3 aromatic rings. The van der Waals surface area contributed by atoms with Crippen molar-refractivity contribution < 1.29 is 14.4 Å². The van der Waals surface area contributed by atoms with Crippen LogP contribution in [0.2, 0.25) is 5.02 Å². The van der Waals surface area contributed by atoms with Gasteiger partial charge in [-0.2, -0.15) is 0 Å². The number of hydrogen-bond donors (Lipinski definition) is 2. The second-order valence-corrected chi connectivity index (χ2v) is 9.54. The van der Waals surface area contributed by atoms with Crippen LogP contribution in [0.1, 0.15) is 41.0 Å². The maximum Gasteiger partial charge on any atom is 0.254 e. The van der Waals surface area contributed by atoms with Gasteiger partial charge in [0, 0.05) is 27.7 Å². The number of anilines is 2. The lowest BCUT2D eigenvalue weighted by atomic mass is 10.1. The van der Waals surface area contributed by atoms with E-state index in [9.17, 15) is 14.4 Å². The third kappa shape index (κ3) is 6.88. The Morgan fingerprint density at radius 1 is 1.00 bits per heavy atom. The van der Waals surface area contributed by atoms with Crippen LogP contribution >= 0.6 is 22.9 Å². The second kappa shape index (κ2) is 11.3. The SMILES string of the molecule is Cc1ccc(NC(=O)Cc2csc(NC(=O)CN(C(=O)c3ccc(Cl)cc3)C(C)C)n2)cc1C. The Labute approximate surface area is 208 Å². The molecular weight excluding hydrogens is 472 g/mol. The van der Waals surface area contributed by atoms with Crippen LogP contribution in [0.3, 0.4) is 0 Å². The maximum atomic E-state index is 12.8. The maximum absolute atomic E-state index is 12.8.